The van der Waals surface area contributed by atoms with Gasteiger partial charge in [-0.25, -0.2) is 9.69 Å². The van der Waals surface area contributed by atoms with Crippen LogP contribution in [0.4, 0.5) is 10.5 Å². The molecule has 148 valence electrons. The van der Waals surface area contributed by atoms with Crippen molar-refractivity contribution in [2.24, 2.45) is 0 Å². The van der Waals surface area contributed by atoms with Crippen LogP contribution in [0.15, 0.2) is 54.2 Å². The first kappa shape index (κ1) is 19.7. The predicted octanol–water partition coefficient (Wildman–Crippen LogP) is 4.14. The molecule has 0 unspecified atom stereocenters. The van der Waals surface area contributed by atoms with Gasteiger partial charge in [0.05, 0.1) is 16.8 Å². The first-order chi connectivity index (χ1) is 14.4. The number of benzene rings is 2. The largest absolute Gasteiger partial charge is 0.335 e. The molecule has 0 radical (unpaired) electrons. The van der Waals surface area contributed by atoms with Crippen LogP contribution >= 0.6 is 23.2 Å². The third-order valence-corrected chi connectivity index (χ3v) is 5.15. The molecule has 9 heteroatoms. The van der Waals surface area contributed by atoms with Crippen LogP contribution in [0.1, 0.15) is 5.56 Å². The Balaban J connectivity index is 1.83. The molecule has 0 atom stereocenters. The number of nitriles is 1. The molecule has 2 aromatic carbocycles. The number of hydrogen-bond acceptors (Lipinski definition) is 4. The minimum atomic E-state index is -0.904. The van der Waals surface area contributed by atoms with E-state index in [0.717, 1.165) is 15.8 Å². The monoisotopic (exact) mass is 438 g/mol. The van der Waals surface area contributed by atoms with Crippen LogP contribution in [-0.4, -0.2) is 22.4 Å². The van der Waals surface area contributed by atoms with Gasteiger partial charge in [0.1, 0.15) is 12.1 Å². The number of nitrogens with one attached hydrogen (secondary N) is 1. The Morgan fingerprint density at radius 2 is 1.87 bits per heavy atom. The molecule has 1 aliphatic heterocycles. The summed E-state index contributed by atoms with van der Waals surface area (Å²) in [5.74, 6) is -1.63. The minimum absolute atomic E-state index is 0.0883. The summed E-state index contributed by atoms with van der Waals surface area (Å²) in [4.78, 5) is 38.7. The molecule has 0 bridgehead atoms. The summed E-state index contributed by atoms with van der Waals surface area (Å²) in [6, 6.07) is 12.8. The maximum absolute atomic E-state index is 13.1. The van der Waals surface area contributed by atoms with Crippen LogP contribution in [0.5, 0.6) is 0 Å². The summed E-state index contributed by atoms with van der Waals surface area (Å²) < 4.78 is 1.71. The summed E-state index contributed by atoms with van der Waals surface area (Å²) in [5, 5.41) is 12.4. The van der Waals surface area contributed by atoms with Crippen molar-refractivity contribution in [3.8, 4) is 6.07 Å². The number of barbiturate groups is 1. The van der Waals surface area contributed by atoms with Gasteiger partial charge in [0.2, 0.25) is 0 Å². The molecule has 4 amide bonds. The van der Waals surface area contributed by atoms with Gasteiger partial charge in [-0.3, -0.25) is 14.9 Å². The Morgan fingerprint density at radius 3 is 2.60 bits per heavy atom. The molecule has 0 saturated carbocycles. The van der Waals surface area contributed by atoms with E-state index in [1.165, 1.54) is 24.3 Å². The van der Waals surface area contributed by atoms with Crippen molar-refractivity contribution in [2.75, 3.05) is 4.90 Å². The average molecular weight is 439 g/mol. The lowest BCUT2D eigenvalue weighted by atomic mass is 10.1. The molecular weight excluding hydrogens is 427 g/mol. The maximum atomic E-state index is 13.1. The van der Waals surface area contributed by atoms with E-state index in [9.17, 15) is 14.4 Å². The maximum Gasteiger partial charge on any atom is 0.335 e. The fourth-order valence-electron chi connectivity index (χ4n) is 3.29. The van der Waals surface area contributed by atoms with Crippen LogP contribution in [0.2, 0.25) is 10.0 Å². The van der Waals surface area contributed by atoms with Gasteiger partial charge in [-0.2, -0.15) is 5.26 Å². The standard InChI is InChI=1S/C21H12Cl2N4O3/c22-13-5-6-18(16(23)10-13)27-20(29)15(19(28)25-21(27)30)9-12-11-26(8-7-24)17-4-2-1-3-14(12)17/h1-6,9-11H,8H2,(H,25,28,30)/b15-9+. The number of urea groups is 1. The Bertz CT molecular complexity index is 1300. The predicted molar refractivity (Wildman–Crippen MR) is 113 cm³/mol. The Hall–Kier alpha value is -3.60. The van der Waals surface area contributed by atoms with Crippen LogP contribution in [0.25, 0.3) is 17.0 Å². The van der Waals surface area contributed by atoms with E-state index in [2.05, 4.69) is 11.4 Å². The lowest BCUT2D eigenvalue weighted by molar-refractivity contribution is -0.122. The number of aromatic nitrogens is 1. The zero-order valence-corrected chi connectivity index (χ0v) is 16.7. The van der Waals surface area contributed by atoms with Crippen molar-refractivity contribution in [1.82, 2.24) is 9.88 Å². The number of halogens is 2. The number of amides is 4. The molecule has 30 heavy (non-hydrogen) atoms. The average Bonchev–Trinajstić information content (AvgIpc) is 3.05. The third-order valence-electron chi connectivity index (χ3n) is 4.61. The van der Waals surface area contributed by atoms with Gasteiger partial charge in [-0.15, -0.1) is 0 Å². The highest BCUT2D eigenvalue weighted by atomic mass is 35.5. The van der Waals surface area contributed by atoms with Gasteiger partial charge in [0.25, 0.3) is 11.8 Å². The molecule has 3 aromatic rings. The number of imide groups is 2. The summed E-state index contributed by atoms with van der Waals surface area (Å²) >= 11 is 12.0. The molecular formula is C21H12Cl2N4O3. The molecule has 0 spiro atoms. The van der Waals surface area contributed by atoms with Crippen LogP contribution in [0.3, 0.4) is 0 Å². The zero-order valence-electron chi connectivity index (χ0n) is 15.2. The number of nitrogens with zero attached hydrogens (tertiary/aromatic N) is 3. The van der Waals surface area contributed by atoms with Gasteiger partial charge < -0.3 is 4.57 Å². The lowest BCUT2D eigenvalue weighted by Gasteiger charge is -2.27. The van der Waals surface area contributed by atoms with Gasteiger partial charge in [-0.1, -0.05) is 41.4 Å². The lowest BCUT2D eigenvalue weighted by Crippen LogP contribution is -2.54. The topological polar surface area (TPSA) is 95.2 Å². The van der Waals surface area contributed by atoms with Crippen molar-refractivity contribution < 1.29 is 14.4 Å². The summed E-state index contributed by atoms with van der Waals surface area (Å²) in [6.07, 6.45) is 3.08. The molecule has 2 heterocycles. The first-order valence-corrected chi connectivity index (χ1v) is 9.47. The molecule has 7 nitrogen and oxygen atoms in total. The molecule has 1 saturated heterocycles. The molecule has 1 N–H and O–H groups in total. The summed E-state index contributed by atoms with van der Waals surface area (Å²) in [6.45, 7) is 0.106. The van der Waals surface area contributed by atoms with E-state index in [-0.39, 0.29) is 22.8 Å². The number of para-hydroxylation sites is 1. The Kier molecular flexibility index (Phi) is 5.04. The number of hydrogen-bond donors (Lipinski definition) is 1. The Labute approximate surface area is 180 Å². The summed E-state index contributed by atoms with van der Waals surface area (Å²) in [7, 11) is 0. The molecule has 1 fully saturated rings. The highest BCUT2D eigenvalue weighted by Crippen LogP contribution is 2.32. The van der Waals surface area contributed by atoms with Crippen molar-refractivity contribution in [2.45, 2.75) is 6.54 Å². The summed E-state index contributed by atoms with van der Waals surface area (Å²) in [5.41, 5.74) is 1.22. The van der Waals surface area contributed by atoms with Crippen molar-refractivity contribution in [1.29, 1.82) is 5.26 Å². The van der Waals surface area contributed by atoms with Crippen LogP contribution < -0.4 is 10.2 Å². The van der Waals surface area contributed by atoms with Gasteiger partial charge in [0.15, 0.2) is 0 Å². The second kappa shape index (κ2) is 7.67. The SMILES string of the molecule is N#CCn1cc(/C=C2\C(=O)NC(=O)N(c3ccc(Cl)cc3Cl)C2=O)c2ccccc21. The number of rotatable bonds is 3. The quantitative estimate of drug-likeness (QED) is 0.490. The number of carbonyl (C=O) groups is 3. The minimum Gasteiger partial charge on any atom is -0.333 e. The van der Waals surface area contributed by atoms with E-state index in [0.29, 0.717) is 10.6 Å². The Morgan fingerprint density at radius 1 is 1.10 bits per heavy atom. The van der Waals surface area contributed by atoms with E-state index < -0.39 is 17.8 Å². The molecule has 1 aliphatic rings. The number of anilines is 1. The smallest absolute Gasteiger partial charge is 0.333 e. The molecule has 4 rings (SSSR count). The number of fused-ring (bicyclic) bond motifs is 1. The van der Waals surface area contributed by atoms with Gasteiger partial charge >= 0.3 is 6.03 Å². The molecule has 1 aromatic heterocycles. The number of carbonyl (C=O) groups excluding carboxylic acids is 3. The fraction of sp³-hybridized carbons (Fsp3) is 0.0476. The van der Waals surface area contributed by atoms with E-state index >= 15 is 0 Å². The highest BCUT2D eigenvalue weighted by Gasteiger charge is 2.37. The first-order valence-electron chi connectivity index (χ1n) is 8.72. The van der Waals surface area contributed by atoms with Crippen LogP contribution in [0, 0.1) is 11.3 Å². The third kappa shape index (κ3) is 3.32. The highest BCUT2D eigenvalue weighted by molar-refractivity contribution is 6.42. The molecule has 0 aliphatic carbocycles. The van der Waals surface area contributed by atoms with E-state index in [1.807, 2.05) is 24.3 Å². The second-order valence-corrected chi connectivity index (χ2v) is 7.28. The second-order valence-electron chi connectivity index (χ2n) is 6.44. The van der Waals surface area contributed by atoms with Gasteiger partial charge in [-0.05, 0) is 30.3 Å². The van der Waals surface area contributed by atoms with E-state index in [4.69, 9.17) is 28.5 Å². The van der Waals surface area contributed by atoms with E-state index in [1.54, 1.807) is 10.8 Å². The normalized spacial score (nSPS) is 15.6. The fourth-order valence-corrected chi connectivity index (χ4v) is 3.78. The zero-order chi connectivity index (χ0) is 21.4. The van der Waals surface area contributed by atoms with Crippen molar-refractivity contribution >= 4 is 63.7 Å². The van der Waals surface area contributed by atoms with Crippen molar-refractivity contribution in [3.63, 3.8) is 0 Å². The van der Waals surface area contributed by atoms with Gasteiger partial charge in [0, 0.05) is 27.7 Å². The van der Waals surface area contributed by atoms with Crippen LogP contribution in [-0.2, 0) is 16.1 Å². The van der Waals surface area contributed by atoms with Crippen molar-refractivity contribution in [3.05, 3.63) is 69.8 Å².